The Balaban J connectivity index is 0.662. The first-order valence-corrected chi connectivity index (χ1v) is 32.3. The van der Waals surface area contributed by atoms with Gasteiger partial charge in [-0.05, 0) is 142 Å². The van der Waals surface area contributed by atoms with E-state index in [9.17, 15) is 19.8 Å². The van der Waals surface area contributed by atoms with Crippen molar-refractivity contribution in [2.45, 2.75) is 100 Å². The van der Waals surface area contributed by atoms with E-state index in [-0.39, 0.29) is 24.0 Å². The van der Waals surface area contributed by atoms with Crippen LogP contribution >= 0.6 is 0 Å². The Labute approximate surface area is 547 Å². The molecule has 2 heterocycles. The minimum absolute atomic E-state index is 0.155. The SMILES string of the molecule is COc1ccc(C2(c3ccc(OC(CCCCCCC(COC(=O)O)Oc4ccc(C5(c6ccc(OC)cc6)C=Cc6c7c(c8ccccc8c6O5)-c5ccccc5C7(C)C)cc4)COC(=O)O)cc3)C=Cc3c4c(c5ccccc5c3O2)-c2ccccc2C4(C)C)cc1. The smallest absolute Gasteiger partial charge is 0.497 e. The minimum Gasteiger partial charge on any atom is -0.497 e. The molecule has 4 aliphatic rings. The predicted molar refractivity (Wildman–Crippen MR) is 367 cm³/mol. The highest BCUT2D eigenvalue weighted by atomic mass is 16.7. The normalized spacial score (nSPS) is 17.8. The summed E-state index contributed by atoms with van der Waals surface area (Å²) in [5, 5.41) is 23.6. The van der Waals surface area contributed by atoms with Crippen LogP contribution in [-0.2, 0) is 31.5 Å². The van der Waals surface area contributed by atoms with E-state index in [2.05, 4.69) is 149 Å². The molecular formula is C82H74O12. The third-order valence-electron chi connectivity index (χ3n) is 19.7. The molecule has 2 aliphatic heterocycles. The van der Waals surface area contributed by atoms with Crippen molar-refractivity contribution in [1.82, 2.24) is 0 Å². The van der Waals surface area contributed by atoms with E-state index in [1.54, 1.807) is 14.2 Å². The van der Waals surface area contributed by atoms with Gasteiger partial charge in [0.05, 0.1) is 14.2 Å². The Bertz CT molecular complexity index is 4310. The quantitative estimate of drug-likeness (QED) is 0.0521. The van der Waals surface area contributed by atoms with Gasteiger partial charge in [-0.3, -0.25) is 0 Å². The Kier molecular flexibility index (Phi) is 15.9. The lowest BCUT2D eigenvalue weighted by molar-refractivity contribution is 0.0439. The summed E-state index contributed by atoms with van der Waals surface area (Å²) in [5.41, 5.74) is 13.1. The fourth-order valence-electron chi connectivity index (χ4n) is 15.2. The van der Waals surface area contributed by atoms with Crippen molar-refractivity contribution in [3.8, 4) is 56.8 Å². The maximum Gasteiger partial charge on any atom is 0.505 e. The molecule has 10 aromatic carbocycles. The highest BCUT2D eigenvalue weighted by molar-refractivity contribution is 6.10. The van der Waals surface area contributed by atoms with E-state index in [0.29, 0.717) is 37.2 Å². The van der Waals surface area contributed by atoms with Crippen LogP contribution in [0.1, 0.15) is 122 Å². The summed E-state index contributed by atoms with van der Waals surface area (Å²) in [6, 6.07) is 66.0. The summed E-state index contributed by atoms with van der Waals surface area (Å²) >= 11 is 0. The van der Waals surface area contributed by atoms with Crippen molar-refractivity contribution >= 4 is 46.0 Å². The summed E-state index contributed by atoms with van der Waals surface area (Å²) in [4.78, 5) is 23.6. The number of methoxy groups -OCH3 is 2. The molecule has 2 aliphatic carbocycles. The number of fused-ring (bicyclic) bond motifs is 16. The molecule has 0 aromatic heterocycles. The lowest BCUT2D eigenvalue weighted by Gasteiger charge is -2.38. The number of rotatable bonds is 21. The fourth-order valence-corrected chi connectivity index (χ4v) is 15.2. The monoisotopic (exact) mass is 1250 g/mol. The Morgan fingerprint density at radius 3 is 1.10 bits per heavy atom. The largest absolute Gasteiger partial charge is 0.505 e. The molecule has 0 amide bonds. The average Bonchev–Trinajstić information content (AvgIpc) is 1.51. The van der Waals surface area contributed by atoms with Gasteiger partial charge in [0, 0.05) is 55.0 Å². The van der Waals surface area contributed by atoms with Gasteiger partial charge in [-0.25, -0.2) is 9.59 Å². The molecule has 4 atom stereocenters. The molecule has 0 spiro atoms. The van der Waals surface area contributed by atoms with Crippen molar-refractivity contribution in [2.24, 2.45) is 0 Å². The molecule has 2 N–H and O–H groups in total. The second-order valence-corrected chi connectivity index (χ2v) is 25.9. The van der Waals surface area contributed by atoms with Crippen LogP contribution in [0.15, 0.2) is 206 Å². The predicted octanol–water partition coefficient (Wildman–Crippen LogP) is 19.2. The zero-order chi connectivity index (χ0) is 64.9. The molecular weight excluding hydrogens is 1180 g/mol. The standard InChI is InChI=1S/C82H74O12/c1-79(2)69-27-17-15-25-65(69)71-61-21-11-13-23-63(61)75-67(73(71)79)45-47-81(93-75,51-29-37-55(87-5)38-30-51)53-33-41-57(42-34-53)91-59(49-89-77(83)84)19-9-7-8-10-20-60(50-90-78(85)86)92-58-43-35-54(36-44-58)82(52-31-39-56(88-6)40-32-52)48-46-68-74-72(62-22-12-14-24-64(62)76(68)94-82)66-26-16-18-28-70(66)80(74,3)4/h11-18,21-48,59-60H,7-10,19-20,49-50H2,1-6H3,(H,83,84)(H,85,86). The molecule has 14 rings (SSSR count). The highest BCUT2D eigenvalue weighted by Gasteiger charge is 2.46. The molecule has 4 unspecified atom stereocenters. The fraction of sp³-hybridized carbons (Fsp3) is 0.244. The van der Waals surface area contributed by atoms with Crippen LogP contribution in [0.4, 0.5) is 9.59 Å². The van der Waals surface area contributed by atoms with E-state index in [0.717, 1.165) is 90.8 Å². The molecule has 12 nitrogen and oxygen atoms in total. The maximum atomic E-state index is 11.8. The minimum atomic E-state index is -1.38. The van der Waals surface area contributed by atoms with Crippen molar-refractivity contribution in [1.29, 1.82) is 0 Å². The second-order valence-electron chi connectivity index (χ2n) is 25.9. The maximum absolute atomic E-state index is 11.8. The van der Waals surface area contributed by atoms with Crippen LogP contribution in [-0.4, -0.2) is 62.2 Å². The van der Waals surface area contributed by atoms with Gasteiger partial charge >= 0.3 is 12.3 Å². The first kappa shape index (κ1) is 61.1. The van der Waals surface area contributed by atoms with Crippen LogP contribution in [0.2, 0.25) is 0 Å². The first-order valence-electron chi connectivity index (χ1n) is 32.3. The molecule has 94 heavy (non-hydrogen) atoms. The van der Waals surface area contributed by atoms with Gasteiger partial charge < -0.3 is 48.1 Å². The van der Waals surface area contributed by atoms with Crippen LogP contribution in [0.5, 0.6) is 34.5 Å². The van der Waals surface area contributed by atoms with Crippen LogP contribution < -0.4 is 28.4 Å². The zero-order valence-electron chi connectivity index (χ0n) is 53.6. The van der Waals surface area contributed by atoms with Crippen LogP contribution in [0.25, 0.3) is 56.0 Å². The molecule has 0 fully saturated rings. The number of hydrogen-bond donors (Lipinski definition) is 2. The molecule has 0 saturated carbocycles. The topological polar surface area (TPSA) is 148 Å². The Morgan fingerprint density at radius 1 is 0.415 bits per heavy atom. The lowest BCUT2D eigenvalue weighted by atomic mass is 9.77. The number of unbranched alkanes of at least 4 members (excludes halogenated alkanes) is 3. The first-order chi connectivity index (χ1) is 45.6. The molecule has 0 saturated heterocycles. The van der Waals surface area contributed by atoms with E-state index in [1.165, 1.54) is 44.5 Å². The molecule has 474 valence electrons. The summed E-state index contributed by atoms with van der Waals surface area (Å²) in [6.07, 6.45) is 8.91. The van der Waals surface area contributed by atoms with Gasteiger partial charge in [-0.1, -0.05) is 198 Å². The van der Waals surface area contributed by atoms with Crippen molar-refractivity contribution in [3.63, 3.8) is 0 Å². The summed E-state index contributed by atoms with van der Waals surface area (Å²) in [5.74, 6) is 4.18. The van der Waals surface area contributed by atoms with Gasteiger partial charge in [0.1, 0.15) is 59.9 Å². The van der Waals surface area contributed by atoms with Crippen molar-refractivity contribution < 1.29 is 57.7 Å². The number of hydrogen-bond acceptors (Lipinski definition) is 10. The number of benzene rings is 10. The molecule has 12 heteroatoms. The van der Waals surface area contributed by atoms with Crippen molar-refractivity contribution in [2.75, 3.05) is 27.4 Å². The van der Waals surface area contributed by atoms with E-state index in [4.69, 9.17) is 37.9 Å². The average molecular weight is 1250 g/mol. The third kappa shape index (κ3) is 10.7. The van der Waals surface area contributed by atoms with Crippen LogP contribution in [0.3, 0.4) is 0 Å². The number of carbonyl (C=O) groups is 2. The Hall–Kier alpha value is -10.5. The molecule has 0 radical (unpaired) electrons. The molecule has 0 bridgehead atoms. The van der Waals surface area contributed by atoms with Gasteiger partial charge in [0.2, 0.25) is 0 Å². The summed E-state index contributed by atoms with van der Waals surface area (Å²) in [6.45, 7) is 8.87. The molecule has 10 aromatic rings. The highest BCUT2D eigenvalue weighted by Crippen LogP contribution is 2.60. The Morgan fingerprint density at radius 2 is 0.745 bits per heavy atom. The van der Waals surface area contributed by atoms with E-state index in [1.807, 2.05) is 97.1 Å². The van der Waals surface area contributed by atoms with Gasteiger partial charge in [-0.15, -0.1) is 0 Å². The number of ether oxygens (including phenoxy) is 8. The second kappa shape index (κ2) is 24.5. The van der Waals surface area contributed by atoms with E-state index < -0.39 is 35.7 Å². The van der Waals surface area contributed by atoms with Gasteiger partial charge in [0.15, 0.2) is 11.2 Å². The lowest BCUT2D eigenvalue weighted by Crippen LogP contribution is -2.35. The van der Waals surface area contributed by atoms with Gasteiger partial charge in [-0.2, -0.15) is 0 Å². The van der Waals surface area contributed by atoms with Gasteiger partial charge in [0.25, 0.3) is 0 Å². The number of carboxylic acid groups (broad SMARTS) is 2. The van der Waals surface area contributed by atoms with Crippen molar-refractivity contribution in [3.05, 3.63) is 262 Å². The summed E-state index contributed by atoms with van der Waals surface area (Å²) in [7, 11) is 3.31. The third-order valence-corrected chi connectivity index (χ3v) is 19.7. The summed E-state index contributed by atoms with van der Waals surface area (Å²) < 4.78 is 49.6. The van der Waals surface area contributed by atoms with E-state index >= 15 is 0 Å². The van der Waals surface area contributed by atoms with Crippen LogP contribution in [0, 0.1) is 0 Å². The zero-order valence-corrected chi connectivity index (χ0v) is 53.6.